The zero-order valence-electron chi connectivity index (χ0n) is 8.85. The standard InChI is InChI=1S/C11H10Br2O4/c1-5(12)9(14)6-2-3-8(13)7(4-6)10(15)11(16)17/h2-5,10,15H,1H3,(H,16,17). The number of carbonyl (C=O) groups is 2. The van der Waals surface area contributed by atoms with E-state index in [0.29, 0.717) is 10.0 Å². The minimum Gasteiger partial charge on any atom is -0.479 e. The fourth-order valence-electron chi connectivity index (χ4n) is 1.27. The first-order valence-corrected chi connectivity index (χ1v) is 6.44. The topological polar surface area (TPSA) is 74.6 Å². The van der Waals surface area contributed by atoms with E-state index < -0.39 is 12.1 Å². The van der Waals surface area contributed by atoms with Gasteiger partial charge in [-0.05, 0) is 19.1 Å². The van der Waals surface area contributed by atoms with E-state index >= 15 is 0 Å². The lowest BCUT2D eigenvalue weighted by Crippen LogP contribution is -2.14. The van der Waals surface area contributed by atoms with Crippen molar-refractivity contribution in [2.45, 2.75) is 17.9 Å². The Balaban J connectivity index is 3.19. The molecule has 0 aliphatic carbocycles. The molecule has 2 unspecified atom stereocenters. The Morgan fingerprint density at radius 2 is 1.94 bits per heavy atom. The molecule has 4 nitrogen and oxygen atoms in total. The number of aliphatic carboxylic acids is 1. The zero-order chi connectivity index (χ0) is 13.2. The average molecular weight is 366 g/mol. The maximum atomic E-state index is 11.7. The van der Waals surface area contributed by atoms with E-state index in [4.69, 9.17) is 5.11 Å². The number of carbonyl (C=O) groups excluding carboxylic acids is 1. The molecule has 0 fully saturated rings. The van der Waals surface area contributed by atoms with Gasteiger partial charge in [-0.3, -0.25) is 4.79 Å². The van der Waals surface area contributed by atoms with Gasteiger partial charge in [0, 0.05) is 15.6 Å². The third kappa shape index (κ3) is 3.37. The Morgan fingerprint density at radius 3 is 2.41 bits per heavy atom. The molecule has 0 aromatic heterocycles. The third-order valence-electron chi connectivity index (χ3n) is 2.17. The van der Waals surface area contributed by atoms with Crippen LogP contribution >= 0.6 is 31.9 Å². The number of carboxylic acids is 1. The van der Waals surface area contributed by atoms with Crippen LogP contribution in [0.2, 0.25) is 0 Å². The number of ketones is 1. The molecule has 0 heterocycles. The summed E-state index contributed by atoms with van der Waals surface area (Å²) in [5, 5.41) is 18.2. The van der Waals surface area contributed by atoms with Crippen molar-refractivity contribution in [2.75, 3.05) is 0 Å². The Hall–Kier alpha value is -0.720. The lowest BCUT2D eigenvalue weighted by molar-refractivity contribution is -0.147. The van der Waals surface area contributed by atoms with Crippen LogP contribution in [0.15, 0.2) is 22.7 Å². The van der Waals surface area contributed by atoms with Crippen molar-refractivity contribution in [3.63, 3.8) is 0 Å². The maximum absolute atomic E-state index is 11.7. The molecule has 1 rings (SSSR count). The SMILES string of the molecule is CC(Br)C(=O)c1ccc(Br)c(C(O)C(=O)O)c1. The van der Waals surface area contributed by atoms with Gasteiger partial charge in [0.15, 0.2) is 11.9 Å². The Morgan fingerprint density at radius 1 is 1.35 bits per heavy atom. The molecule has 2 N–H and O–H groups in total. The van der Waals surface area contributed by atoms with Gasteiger partial charge in [0.2, 0.25) is 0 Å². The van der Waals surface area contributed by atoms with Crippen molar-refractivity contribution in [2.24, 2.45) is 0 Å². The number of hydrogen-bond acceptors (Lipinski definition) is 3. The second-order valence-electron chi connectivity index (χ2n) is 3.46. The number of alkyl halides is 1. The minimum absolute atomic E-state index is 0.163. The van der Waals surface area contributed by atoms with Gasteiger partial charge in [0.05, 0.1) is 4.83 Å². The van der Waals surface area contributed by atoms with Crippen LogP contribution in [0.1, 0.15) is 28.9 Å². The molecule has 1 aromatic rings. The summed E-state index contributed by atoms with van der Waals surface area (Å²) in [6.07, 6.45) is -1.65. The Labute approximate surface area is 115 Å². The smallest absolute Gasteiger partial charge is 0.337 e. The van der Waals surface area contributed by atoms with Crippen LogP contribution in [-0.4, -0.2) is 26.8 Å². The Bertz CT molecular complexity index is 457. The summed E-state index contributed by atoms with van der Waals surface area (Å²) in [7, 11) is 0. The van der Waals surface area contributed by atoms with Gasteiger partial charge in [-0.2, -0.15) is 0 Å². The molecule has 0 bridgehead atoms. The fourth-order valence-corrected chi connectivity index (χ4v) is 2.00. The highest BCUT2D eigenvalue weighted by atomic mass is 79.9. The number of hydrogen-bond donors (Lipinski definition) is 2. The van der Waals surface area contributed by atoms with Gasteiger partial charge in [0.25, 0.3) is 0 Å². The number of aliphatic hydroxyl groups is 1. The minimum atomic E-state index is -1.65. The van der Waals surface area contributed by atoms with Gasteiger partial charge >= 0.3 is 5.97 Å². The van der Waals surface area contributed by atoms with E-state index in [1.54, 1.807) is 19.1 Å². The van der Waals surface area contributed by atoms with Gasteiger partial charge in [-0.15, -0.1) is 0 Å². The molecular weight excluding hydrogens is 356 g/mol. The van der Waals surface area contributed by atoms with Crippen LogP contribution in [-0.2, 0) is 4.79 Å². The highest BCUT2D eigenvalue weighted by molar-refractivity contribution is 9.10. The highest BCUT2D eigenvalue weighted by Crippen LogP contribution is 2.26. The van der Waals surface area contributed by atoms with Crippen molar-refractivity contribution in [1.29, 1.82) is 0 Å². The summed E-state index contributed by atoms with van der Waals surface area (Å²) >= 11 is 6.28. The van der Waals surface area contributed by atoms with Crippen LogP contribution in [0, 0.1) is 0 Å². The van der Waals surface area contributed by atoms with Crippen molar-refractivity contribution in [3.05, 3.63) is 33.8 Å². The van der Waals surface area contributed by atoms with Gasteiger partial charge in [0.1, 0.15) is 0 Å². The average Bonchev–Trinajstić information content (AvgIpc) is 2.27. The number of halogens is 2. The van der Waals surface area contributed by atoms with E-state index in [-0.39, 0.29) is 16.2 Å². The predicted octanol–water partition coefficient (Wildman–Crippen LogP) is 2.53. The molecule has 2 atom stereocenters. The molecule has 1 aromatic carbocycles. The zero-order valence-corrected chi connectivity index (χ0v) is 12.0. The Kier molecular flexibility index (Phi) is 4.85. The quantitative estimate of drug-likeness (QED) is 0.635. The molecule has 0 amide bonds. The maximum Gasteiger partial charge on any atom is 0.337 e. The molecule has 0 radical (unpaired) electrons. The highest BCUT2D eigenvalue weighted by Gasteiger charge is 2.21. The van der Waals surface area contributed by atoms with Crippen molar-refractivity contribution in [1.82, 2.24) is 0 Å². The first-order valence-electron chi connectivity index (χ1n) is 4.73. The third-order valence-corrected chi connectivity index (χ3v) is 3.31. The summed E-state index contributed by atoms with van der Waals surface area (Å²) in [6, 6.07) is 4.50. The van der Waals surface area contributed by atoms with E-state index in [9.17, 15) is 14.7 Å². The van der Waals surface area contributed by atoms with Crippen LogP contribution in [0.5, 0.6) is 0 Å². The summed E-state index contributed by atoms with van der Waals surface area (Å²) in [4.78, 5) is 22.0. The van der Waals surface area contributed by atoms with Crippen LogP contribution in [0.3, 0.4) is 0 Å². The van der Waals surface area contributed by atoms with E-state index in [0.717, 1.165) is 0 Å². The van der Waals surface area contributed by atoms with Crippen LogP contribution in [0.4, 0.5) is 0 Å². The number of benzene rings is 1. The van der Waals surface area contributed by atoms with Crippen LogP contribution in [0.25, 0.3) is 0 Å². The first kappa shape index (κ1) is 14.3. The summed E-state index contributed by atoms with van der Waals surface area (Å²) in [6.45, 7) is 1.68. The number of Topliss-reactive ketones (excluding diaryl/α,β-unsaturated/α-hetero) is 1. The largest absolute Gasteiger partial charge is 0.479 e. The van der Waals surface area contributed by atoms with Gasteiger partial charge in [-0.1, -0.05) is 37.9 Å². The second kappa shape index (κ2) is 5.75. The lowest BCUT2D eigenvalue weighted by Gasteiger charge is -2.11. The first-order chi connectivity index (χ1) is 7.84. The van der Waals surface area contributed by atoms with Crippen molar-refractivity contribution < 1.29 is 19.8 Å². The monoisotopic (exact) mass is 364 g/mol. The molecule has 0 saturated carbocycles. The summed E-state index contributed by atoms with van der Waals surface area (Å²) in [5.74, 6) is -1.53. The molecule has 0 aliphatic heterocycles. The lowest BCUT2D eigenvalue weighted by atomic mass is 10.0. The normalized spacial score (nSPS) is 14.1. The van der Waals surface area contributed by atoms with Gasteiger partial charge in [-0.25, -0.2) is 4.79 Å². The van der Waals surface area contributed by atoms with Crippen molar-refractivity contribution >= 4 is 43.6 Å². The van der Waals surface area contributed by atoms with E-state index in [1.807, 2.05) is 0 Å². The fraction of sp³-hybridized carbons (Fsp3) is 0.273. The number of aliphatic hydroxyl groups excluding tert-OH is 1. The summed E-state index contributed by atoms with van der Waals surface area (Å²) < 4.78 is 0.450. The molecule has 0 aliphatic rings. The molecule has 92 valence electrons. The molecular formula is C11H10Br2O4. The molecule has 17 heavy (non-hydrogen) atoms. The van der Waals surface area contributed by atoms with E-state index in [1.165, 1.54) is 6.07 Å². The van der Waals surface area contributed by atoms with Crippen molar-refractivity contribution in [3.8, 4) is 0 Å². The number of rotatable bonds is 4. The molecule has 0 spiro atoms. The molecule has 0 saturated heterocycles. The summed E-state index contributed by atoms with van der Waals surface area (Å²) in [5.41, 5.74) is 0.518. The number of carboxylic acid groups (broad SMARTS) is 1. The van der Waals surface area contributed by atoms with Crippen LogP contribution < -0.4 is 0 Å². The van der Waals surface area contributed by atoms with E-state index in [2.05, 4.69) is 31.9 Å². The van der Waals surface area contributed by atoms with Gasteiger partial charge < -0.3 is 10.2 Å². The molecule has 6 heteroatoms. The second-order valence-corrected chi connectivity index (χ2v) is 5.69. The predicted molar refractivity (Wildman–Crippen MR) is 69.5 cm³/mol.